The fourth-order valence-electron chi connectivity index (χ4n) is 2.26. The van der Waals surface area contributed by atoms with Crippen molar-refractivity contribution < 1.29 is 19.1 Å². The van der Waals surface area contributed by atoms with Crippen LogP contribution >= 0.6 is 0 Å². The van der Waals surface area contributed by atoms with Crippen molar-refractivity contribution in [1.29, 1.82) is 0 Å². The molecule has 0 bridgehead atoms. The summed E-state index contributed by atoms with van der Waals surface area (Å²) in [5, 5.41) is 2.62. The lowest BCUT2D eigenvalue weighted by molar-refractivity contribution is -0.142. The Balaban J connectivity index is 2.05. The predicted octanol–water partition coefficient (Wildman–Crippen LogP) is 0.363. The second-order valence-electron chi connectivity index (χ2n) is 4.90. The Bertz CT molecular complexity index is 571. The van der Waals surface area contributed by atoms with E-state index in [9.17, 15) is 14.4 Å². The van der Waals surface area contributed by atoms with Crippen LogP contribution in [0.25, 0.3) is 0 Å². The van der Waals surface area contributed by atoms with Crippen molar-refractivity contribution in [2.24, 2.45) is 0 Å². The smallest absolute Gasteiger partial charge is 0.339 e. The number of fused-ring (bicyclic) bond motifs is 1. The van der Waals surface area contributed by atoms with Gasteiger partial charge in [0, 0.05) is 20.0 Å². The van der Waals surface area contributed by atoms with Crippen LogP contribution in [-0.4, -0.2) is 48.9 Å². The molecule has 1 aromatic carbocycles. The highest BCUT2D eigenvalue weighted by Crippen LogP contribution is 2.21. The lowest BCUT2D eigenvalue weighted by Gasteiger charge is -2.27. The first kappa shape index (κ1) is 15.0. The summed E-state index contributed by atoms with van der Waals surface area (Å²) in [4.78, 5) is 36.9. The number of carbonyl (C=O) groups is 3. The number of nitrogens with one attached hydrogen (secondary N) is 1. The van der Waals surface area contributed by atoms with Gasteiger partial charge in [-0.3, -0.25) is 9.59 Å². The third-order valence-corrected chi connectivity index (χ3v) is 3.30. The highest BCUT2D eigenvalue weighted by atomic mass is 16.5. The van der Waals surface area contributed by atoms with E-state index in [1.54, 1.807) is 25.1 Å². The van der Waals surface area contributed by atoms with Crippen molar-refractivity contribution in [3.05, 3.63) is 35.4 Å². The lowest BCUT2D eigenvalue weighted by Crippen LogP contribution is -2.46. The molecule has 112 valence electrons. The zero-order valence-electron chi connectivity index (χ0n) is 12.1. The van der Waals surface area contributed by atoms with Crippen molar-refractivity contribution in [3.63, 3.8) is 0 Å². The van der Waals surface area contributed by atoms with Gasteiger partial charge in [0.2, 0.25) is 5.91 Å². The van der Waals surface area contributed by atoms with Crippen molar-refractivity contribution in [2.45, 2.75) is 19.4 Å². The SMILES string of the molecule is CCNC(=O)CN(C)C(=O)[C@H]1Cc2ccccc2C(=O)O1. The van der Waals surface area contributed by atoms with Gasteiger partial charge in [-0.05, 0) is 18.6 Å². The number of benzene rings is 1. The van der Waals surface area contributed by atoms with E-state index in [0.717, 1.165) is 5.56 Å². The molecule has 2 rings (SSSR count). The van der Waals surface area contributed by atoms with E-state index < -0.39 is 12.1 Å². The topological polar surface area (TPSA) is 75.7 Å². The Morgan fingerprint density at radius 2 is 2.10 bits per heavy atom. The zero-order valence-corrected chi connectivity index (χ0v) is 12.1. The first-order chi connectivity index (χ1) is 10.0. The molecule has 1 atom stereocenters. The highest BCUT2D eigenvalue weighted by molar-refractivity contribution is 5.96. The predicted molar refractivity (Wildman–Crippen MR) is 75.7 cm³/mol. The molecule has 1 N–H and O–H groups in total. The van der Waals surface area contributed by atoms with Crippen LogP contribution in [-0.2, 0) is 20.7 Å². The molecule has 1 aliphatic heterocycles. The Labute approximate surface area is 123 Å². The van der Waals surface area contributed by atoms with Crippen LogP contribution in [0.2, 0.25) is 0 Å². The summed E-state index contributed by atoms with van der Waals surface area (Å²) in [6.07, 6.45) is -0.535. The van der Waals surface area contributed by atoms with Gasteiger partial charge in [-0.2, -0.15) is 0 Å². The fourth-order valence-corrected chi connectivity index (χ4v) is 2.26. The molecule has 1 heterocycles. The summed E-state index contributed by atoms with van der Waals surface area (Å²) in [7, 11) is 1.52. The lowest BCUT2D eigenvalue weighted by atomic mass is 9.98. The van der Waals surface area contributed by atoms with Crippen LogP contribution in [0, 0.1) is 0 Å². The maximum Gasteiger partial charge on any atom is 0.339 e. The third kappa shape index (κ3) is 3.39. The minimum absolute atomic E-state index is 0.0532. The van der Waals surface area contributed by atoms with Crippen LogP contribution < -0.4 is 5.32 Å². The molecule has 0 aliphatic carbocycles. The average Bonchev–Trinajstić information content (AvgIpc) is 2.46. The normalized spacial score (nSPS) is 16.7. The molecule has 1 aliphatic rings. The summed E-state index contributed by atoms with van der Waals surface area (Å²) in [6.45, 7) is 2.26. The Kier molecular flexibility index (Phi) is 4.57. The molecule has 1 aromatic rings. The molecule has 0 aromatic heterocycles. The van der Waals surface area contributed by atoms with Gasteiger partial charge in [0.05, 0.1) is 12.1 Å². The molecule has 6 heteroatoms. The van der Waals surface area contributed by atoms with E-state index in [2.05, 4.69) is 5.32 Å². The second kappa shape index (κ2) is 6.39. The van der Waals surface area contributed by atoms with E-state index in [-0.39, 0.29) is 18.4 Å². The maximum absolute atomic E-state index is 12.3. The third-order valence-electron chi connectivity index (χ3n) is 3.30. The number of nitrogens with zero attached hydrogens (tertiary/aromatic N) is 1. The van der Waals surface area contributed by atoms with Gasteiger partial charge in [-0.25, -0.2) is 4.79 Å². The van der Waals surface area contributed by atoms with Crippen LogP contribution in [0.1, 0.15) is 22.8 Å². The maximum atomic E-state index is 12.3. The number of cyclic esters (lactones) is 1. The Hall–Kier alpha value is -2.37. The van der Waals surface area contributed by atoms with Gasteiger partial charge in [0.25, 0.3) is 5.91 Å². The molecule has 2 amide bonds. The molecule has 0 unspecified atom stereocenters. The molecule has 0 spiro atoms. The number of amides is 2. The van der Waals surface area contributed by atoms with Gasteiger partial charge in [-0.1, -0.05) is 18.2 Å². The number of rotatable bonds is 4. The fraction of sp³-hybridized carbons (Fsp3) is 0.400. The van der Waals surface area contributed by atoms with Crippen LogP contribution in [0.15, 0.2) is 24.3 Å². The Morgan fingerprint density at radius 1 is 1.38 bits per heavy atom. The largest absolute Gasteiger partial charge is 0.448 e. The molecular weight excluding hydrogens is 272 g/mol. The second-order valence-corrected chi connectivity index (χ2v) is 4.90. The molecular formula is C15H18N2O4. The monoisotopic (exact) mass is 290 g/mol. The van der Waals surface area contributed by atoms with E-state index >= 15 is 0 Å². The summed E-state index contributed by atoms with van der Waals surface area (Å²) in [5.41, 5.74) is 1.28. The van der Waals surface area contributed by atoms with Gasteiger partial charge < -0.3 is 15.0 Å². The molecule has 0 radical (unpaired) electrons. The molecule has 0 saturated carbocycles. The summed E-state index contributed by atoms with van der Waals surface area (Å²) < 4.78 is 5.18. The molecule has 0 saturated heterocycles. The van der Waals surface area contributed by atoms with Crippen molar-refractivity contribution in [1.82, 2.24) is 10.2 Å². The van der Waals surface area contributed by atoms with E-state index in [4.69, 9.17) is 4.74 Å². The van der Waals surface area contributed by atoms with Crippen molar-refractivity contribution in [3.8, 4) is 0 Å². The van der Waals surface area contributed by atoms with E-state index in [0.29, 0.717) is 18.5 Å². The number of hydrogen-bond acceptors (Lipinski definition) is 4. The summed E-state index contributed by atoms with van der Waals surface area (Å²) >= 11 is 0. The first-order valence-corrected chi connectivity index (χ1v) is 6.83. The van der Waals surface area contributed by atoms with Crippen molar-refractivity contribution in [2.75, 3.05) is 20.1 Å². The molecule has 0 fully saturated rings. The number of ether oxygens (including phenoxy) is 1. The number of carbonyl (C=O) groups excluding carboxylic acids is 3. The number of likely N-dealkylation sites (N-methyl/N-ethyl adjacent to an activating group) is 2. The zero-order chi connectivity index (χ0) is 15.4. The van der Waals surface area contributed by atoms with E-state index in [1.807, 2.05) is 6.07 Å². The van der Waals surface area contributed by atoms with Gasteiger partial charge in [0.15, 0.2) is 6.10 Å². The molecule has 21 heavy (non-hydrogen) atoms. The van der Waals surface area contributed by atoms with Gasteiger partial charge in [-0.15, -0.1) is 0 Å². The minimum atomic E-state index is -0.869. The number of esters is 1. The van der Waals surface area contributed by atoms with Crippen LogP contribution in [0.3, 0.4) is 0 Å². The summed E-state index contributed by atoms with van der Waals surface area (Å²) in [6, 6.07) is 7.05. The average molecular weight is 290 g/mol. The van der Waals surface area contributed by atoms with E-state index in [1.165, 1.54) is 11.9 Å². The van der Waals surface area contributed by atoms with Crippen molar-refractivity contribution >= 4 is 17.8 Å². The first-order valence-electron chi connectivity index (χ1n) is 6.83. The number of hydrogen-bond donors (Lipinski definition) is 1. The minimum Gasteiger partial charge on any atom is -0.448 e. The molecule has 6 nitrogen and oxygen atoms in total. The highest BCUT2D eigenvalue weighted by Gasteiger charge is 2.33. The van der Waals surface area contributed by atoms with Gasteiger partial charge in [0.1, 0.15) is 0 Å². The summed E-state index contributed by atoms with van der Waals surface area (Å²) in [5.74, 6) is -1.11. The standard InChI is InChI=1S/C15H18N2O4/c1-3-16-13(18)9-17(2)14(19)12-8-10-6-4-5-7-11(10)15(20)21-12/h4-7,12H,3,8-9H2,1-2H3,(H,16,18)/t12-/m1/s1. The Morgan fingerprint density at radius 3 is 2.81 bits per heavy atom. The van der Waals surface area contributed by atoms with Crippen LogP contribution in [0.4, 0.5) is 0 Å². The van der Waals surface area contributed by atoms with Crippen LogP contribution in [0.5, 0.6) is 0 Å². The van der Waals surface area contributed by atoms with Gasteiger partial charge >= 0.3 is 5.97 Å². The quantitative estimate of drug-likeness (QED) is 0.813.